The van der Waals surface area contributed by atoms with Gasteiger partial charge in [0.25, 0.3) is 11.8 Å². The third kappa shape index (κ3) is 4.49. The molecule has 2 aromatic carbocycles. The van der Waals surface area contributed by atoms with E-state index in [1.807, 2.05) is 0 Å². The van der Waals surface area contributed by atoms with E-state index >= 15 is 0 Å². The molecule has 0 aromatic heterocycles. The van der Waals surface area contributed by atoms with Crippen molar-refractivity contribution in [3.63, 3.8) is 0 Å². The number of benzene rings is 2. The number of methoxy groups -OCH3 is 1. The SMILES string of the molecule is CNC(=O)c1cccc(NC(=O)C(C)Oc2ccc(OC)cc2)c1. The summed E-state index contributed by atoms with van der Waals surface area (Å²) in [7, 11) is 3.14. The summed E-state index contributed by atoms with van der Waals surface area (Å²) in [6.07, 6.45) is -0.693. The van der Waals surface area contributed by atoms with Crippen molar-refractivity contribution in [2.24, 2.45) is 0 Å². The number of carbonyl (C=O) groups is 2. The molecule has 2 amide bonds. The largest absolute Gasteiger partial charge is 0.497 e. The molecule has 2 N–H and O–H groups in total. The number of nitrogens with one attached hydrogen (secondary N) is 2. The zero-order valence-electron chi connectivity index (χ0n) is 13.8. The molecule has 0 radical (unpaired) electrons. The molecule has 24 heavy (non-hydrogen) atoms. The van der Waals surface area contributed by atoms with E-state index in [0.29, 0.717) is 22.7 Å². The van der Waals surface area contributed by atoms with Gasteiger partial charge in [-0.2, -0.15) is 0 Å². The standard InChI is InChI=1S/C18H20N2O4/c1-12(24-16-9-7-15(23-3)8-10-16)17(21)20-14-6-4-5-13(11-14)18(22)19-2/h4-12H,1-3H3,(H,19,22)(H,20,21). The minimum absolute atomic E-state index is 0.214. The summed E-state index contributed by atoms with van der Waals surface area (Å²) in [5, 5.41) is 5.28. The van der Waals surface area contributed by atoms with E-state index in [4.69, 9.17) is 9.47 Å². The first-order valence-electron chi connectivity index (χ1n) is 7.47. The molecule has 1 atom stereocenters. The van der Waals surface area contributed by atoms with Gasteiger partial charge < -0.3 is 20.1 Å². The van der Waals surface area contributed by atoms with Crippen molar-refractivity contribution in [2.75, 3.05) is 19.5 Å². The fraction of sp³-hybridized carbons (Fsp3) is 0.222. The van der Waals surface area contributed by atoms with Crippen molar-refractivity contribution >= 4 is 17.5 Å². The number of anilines is 1. The van der Waals surface area contributed by atoms with Gasteiger partial charge in [-0.15, -0.1) is 0 Å². The van der Waals surface area contributed by atoms with Crippen molar-refractivity contribution < 1.29 is 19.1 Å². The van der Waals surface area contributed by atoms with Gasteiger partial charge in [-0.1, -0.05) is 6.07 Å². The van der Waals surface area contributed by atoms with Crippen molar-refractivity contribution in [3.8, 4) is 11.5 Å². The van der Waals surface area contributed by atoms with Crippen LogP contribution in [-0.2, 0) is 4.79 Å². The molecule has 2 aromatic rings. The molecule has 126 valence electrons. The maximum atomic E-state index is 12.2. The van der Waals surface area contributed by atoms with Gasteiger partial charge in [-0.3, -0.25) is 9.59 Å². The molecule has 0 aliphatic heterocycles. The van der Waals surface area contributed by atoms with Crippen molar-refractivity contribution in [2.45, 2.75) is 13.0 Å². The van der Waals surface area contributed by atoms with Crippen LogP contribution in [0.1, 0.15) is 17.3 Å². The number of ether oxygens (including phenoxy) is 2. The molecule has 0 aliphatic rings. The van der Waals surface area contributed by atoms with Crippen LogP contribution in [0.5, 0.6) is 11.5 Å². The topological polar surface area (TPSA) is 76.7 Å². The molecule has 0 spiro atoms. The first-order chi connectivity index (χ1) is 11.5. The Balaban J connectivity index is 1.99. The second kappa shape index (κ2) is 8.01. The van der Waals surface area contributed by atoms with Crippen LogP contribution < -0.4 is 20.1 Å². The highest BCUT2D eigenvalue weighted by atomic mass is 16.5. The van der Waals surface area contributed by atoms with Crippen LogP contribution in [0, 0.1) is 0 Å². The van der Waals surface area contributed by atoms with Crippen LogP contribution in [0.3, 0.4) is 0 Å². The Labute approximate surface area is 140 Å². The molecule has 0 saturated carbocycles. The summed E-state index contributed by atoms with van der Waals surface area (Å²) in [6, 6.07) is 13.7. The Morgan fingerprint density at radius 3 is 2.33 bits per heavy atom. The number of hydrogen-bond acceptors (Lipinski definition) is 4. The Morgan fingerprint density at radius 1 is 1.04 bits per heavy atom. The minimum atomic E-state index is -0.693. The molecule has 0 bridgehead atoms. The number of rotatable bonds is 6. The van der Waals surface area contributed by atoms with Gasteiger partial charge in [-0.25, -0.2) is 0 Å². The molecular weight excluding hydrogens is 308 g/mol. The Morgan fingerprint density at radius 2 is 1.71 bits per heavy atom. The lowest BCUT2D eigenvalue weighted by Crippen LogP contribution is -2.30. The third-order valence-corrected chi connectivity index (χ3v) is 3.36. The maximum Gasteiger partial charge on any atom is 0.265 e. The van der Waals surface area contributed by atoms with Gasteiger partial charge in [-0.05, 0) is 49.4 Å². The first-order valence-corrected chi connectivity index (χ1v) is 7.47. The summed E-state index contributed by atoms with van der Waals surface area (Å²) >= 11 is 0. The van der Waals surface area contributed by atoms with Gasteiger partial charge in [0, 0.05) is 18.3 Å². The van der Waals surface area contributed by atoms with E-state index in [2.05, 4.69) is 10.6 Å². The summed E-state index contributed by atoms with van der Waals surface area (Å²) in [6.45, 7) is 1.65. The van der Waals surface area contributed by atoms with Crippen molar-refractivity contribution in [1.82, 2.24) is 5.32 Å². The van der Waals surface area contributed by atoms with Crippen LogP contribution in [0.2, 0.25) is 0 Å². The molecule has 6 heteroatoms. The quantitative estimate of drug-likeness (QED) is 0.854. The number of carbonyl (C=O) groups excluding carboxylic acids is 2. The third-order valence-electron chi connectivity index (χ3n) is 3.36. The second-order valence-electron chi connectivity index (χ2n) is 5.08. The molecule has 0 heterocycles. The van der Waals surface area contributed by atoms with E-state index in [1.54, 1.807) is 69.6 Å². The first kappa shape index (κ1) is 17.3. The van der Waals surface area contributed by atoms with E-state index in [0.717, 1.165) is 0 Å². The molecule has 0 saturated heterocycles. The normalized spacial score (nSPS) is 11.3. The lowest BCUT2D eigenvalue weighted by atomic mass is 10.2. The van der Waals surface area contributed by atoms with Gasteiger partial charge in [0.1, 0.15) is 11.5 Å². The van der Waals surface area contributed by atoms with Crippen LogP contribution in [0.4, 0.5) is 5.69 Å². The highest BCUT2D eigenvalue weighted by Crippen LogP contribution is 2.19. The average molecular weight is 328 g/mol. The number of amides is 2. The molecule has 2 rings (SSSR count). The predicted molar refractivity (Wildman–Crippen MR) is 91.5 cm³/mol. The fourth-order valence-corrected chi connectivity index (χ4v) is 2.04. The van der Waals surface area contributed by atoms with Crippen LogP contribution in [-0.4, -0.2) is 32.1 Å². The highest BCUT2D eigenvalue weighted by molar-refractivity contribution is 5.98. The Hall–Kier alpha value is -3.02. The summed E-state index contributed by atoms with van der Waals surface area (Å²) in [5.41, 5.74) is 1.00. The van der Waals surface area contributed by atoms with Gasteiger partial charge in [0.15, 0.2) is 6.10 Å². The second-order valence-corrected chi connectivity index (χ2v) is 5.08. The van der Waals surface area contributed by atoms with Crippen molar-refractivity contribution in [3.05, 3.63) is 54.1 Å². The lowest BCUT2D eigenvalue weighted by Gasteiger charge is -2.15. The molecule has 1 unspecified atom stereocenters. The van der Waals surface area contributed by atoms with Gasteiger partial charge >= 0.3 is 0 Å². The van der Waals surface area contributed by atoms with E-state index in [1.165, 1.54) is 0 Å². The monoisotopic (exact) mass is 328 g/mol. The Kier molecular flexibility index (Phi) is 5.78. The van der Waals surface area contributed by atoms with E-state index in [-0.39, 0.29) is 11.8 Å². The fourth-order valence-electron chi connectivity index (χ4n) is 2.04. The van der Waals surface area contributed by atoms with Gasteiger partial charge in [0.2, 0.25) is 0 Å². The minimum Gasteiger partial charge on any atom is -0.497 e. The zero-order chi connectivity index (χ0) is 17.5. The van der Waals surface area contributed by atoms with Crippen molar-refractivity contribution in [1.29, 1.82) is 0 Å². The summed E-state index contributed by atoms with van der Waals surface area (Å²) < 4.78 is 10.7. The van der Waals surface area contributed by atoms with E-state index < -0.39 is 6.10 Å². The zero-order valence-corrected chi connectivity index (χ0v) is 13.8. The lowest BCUT2D eigenvalue weighted by molar-refractivity contribution is -0.122. The highest BCUT2D eigenvalue weighted by Gasteiger charge is 2.15. The Bertz CT molecular complexity index is 713. The molecular formula is C18H20N2O4. The smallest absolute Gasteiger partial charge is 0.265 e. The van der Waals surface area contributed by atoms with E-state index in [9.17, 15) is 9.59 Å². The predicted octanol–water partition coefficient (Wildman–Crippen LogP) is 2.46. The summed E-state index contributed by atoms with van der Waals surface area (Å²) in [4.78, 5) is 23.8. The van der Waals surface area contributed by atoms with Crippen LogP contribution >= 0.6 is 0 Å². The molecule has 0 fully saturated rings. The van der Waals surface area contributed by atoms with Crippen LogP contribution in [0.15, 0.2) is 48.5 Å². The molecule has 0 aliphatic carbocycles. The maximum absolute atomic E-state index is 12.2. The summed E-state index contributed by atoms with van der Waals surface area (Å²) in [5.74, 6) is 0.761. The van der Waals surface area contributed by atoms with Gasteiger partial charge in [0.05, 0.1) is 7.11 Å². The average Bonchev–Trinajstić information content (AvgIpc) is 2.61. The van der Waals surface area contributed by atoms with Crippen LogP contribution in [0.25, 0.3) is 0 Å². The number of hydrogen-bond donors (Lipinski definition) is 2. The molecule has 6 nitrogen and oxygen atoms in total.